The Morgan fingerprint density at radius 3 is 2.47 bits per heavy atom. The zero-order valence-electron chi connectivity index (χ0n) is 17.6. The molecule has 30 heavy (non-hydrogen) atoms. The molecular formula is C24H30N2O4. The number of hydrogen-bond donors (Lipinski definition) is 0. The SMILES string of the molecule is CCCOc1ccc(OCC(=O)N2CCN(Cc3ccc4c(c3)CCO4)CC2)cc1. The number of amides is 1. The third-order valence-corrected chi connectivity index (χ3v) is 5.54. The normalized spacial score (nSPS) is 16.1. The lowest BCUT2D eigenvalue weighted by molar-refractivity contribution is -0.135. The summed E-state index contributed by atoms with van der Waals surface area (Å²) in [4.78, 5) is 16.8. The highest BCUT2D eigenvalue weighted by molar-refractivity contribution is 5.77. The Labute approximate surface area is 178 Å². The van der Waals surface area contributed by atoms with E-state index in [1.165, 1.54) is 11.1 Å². The summed E-state index contributed by atoms with van der Waals surface area (Å²) in [5.74, 6) is 2.57. The third kappa shape index (κ3) is 5.25. The van der Waals surface area contributed by atoms with Gasteiger partial charge in [0.1, 0.15) is 17.2 Å². The van der Waals surface area contributed by atoms with Crippen LogP contribution in [0, 0.1) is 0 Å². The van der Waals surface area contributed by atoms with E-state index in [-0.39, 0.29) is 12.5 Å². The van der Waals surface area contributed by atoms with Crippen molar-refractivity contribution >= 4 is 5.91 Å². The zero-order valence-corrected chi connectivity index (χ0v) is 17.6. The van der Waals surface area contributed by atoms with Crippen LogP contribution in [0.3, 0.4) is 0 Å². The van der Waals surface area contributed by atoms with E-state index in [0.717, 1.165) is 63.7 Å². The molecule has 1 amide bonds. The van der Waals surface area contributed by atoms with E-state index in [1.54, 1.807) is 0 Å². The molecule has 4 rings (SSSR count). The van der Waals surface area contributed by atoms with Gasteiger partial charge in [0, 0.05) is 39.1 Å². The number of rotatable bonds is 8. The largest absolute Gasteiger partial charge is 0.494 e. The number of hydrogen-bond acceptors (Lipinski definition) is 5. The molecule has 1 fully saturated rings. The highest BCUT2D eigenvalue weighted by Crippen LogP contribution is 2.26. The summed E-state index contributed by atoms with van der Waals surface area (Å²) >= 11 is 0. The maximum atomic E-state index is 12.5. The summed E-state index contributed by atoms with van der Waals surface area (Å²) in [5.41, 5.74) is 2.62. The highest BCUT2D eigenvalue weighted by Gasteiger charge is 2.22. The van der Waals surface area contributed by atoms with Gasteiger partial charge in [-0.1, -0.05) is 19.1 Å². The zero-order chi connectivity index (χ0) is 20.8. The summed E-state index contributed by atoms with van der Waals surface area (Å²) in [6.45, 7) is 7.78. The second-order valence-corrected chi connectivity index (χ2v) is 7.81. The van der Waals surface area contributed by atoms with Crippen LogP contribution in [0.5, 0.6) is 17.2 Å². The number of piperazine rings is 1. The Kier molecular flexibility index (Phi) is 6.74. The molecule has 6 heteroatoms. The molecule has 2 aromatic carbocycles. The van der Waals surface area contributed by atoms with Gasteiger partial charge in [0.05, 0.1) is 13.2 Å². The lowest BCUT2D eigenvalue weighted by Gasteiger charge is -2.34. The van der Waals surface area contributed by atoms with E-state index >= 15 is 0 Å². The number of carbonyl (C=O) groups excluding carboxylic acids is 1. The Morgan fingerprint density at radius 1 is 1.00 bits per heavy atom. The van der Waals surface area contributed by atoms with Gasteiger partial charge in [0.25, 0.3) is 5.91 Å². The van der Waals surface area contributed by atoms with Gasteiger partial charge in [-0.3, -0.25) is 9.69 Å². The molecule has 0 atom stereocenters. The van der Waals surface area contributed by atoms with Gasteiger partial charge in [0.2, 0.25) is 0 Å². The van der Waals surface area contributed by atoms with Crippen LogP contribution in [0.15, 0.2) is 42.5 Å². The van der Waals surface area contributed by atoms with Gasteiger partial charge in [0.15, 0.2) is 6.61 Å². The van der Waals surface area contributed by atoms with Crippen molar-refractivity contribution in [2.24, 2.45) is 0 Å². The second kappa shape index (κ2) is 9.85. The first-order valence-corrected chi connectivity index (χ1v) is 10.8. The maximum Gasteiger partial charge on any atom is 0.260 e. The summed E-state index contributed by atoms with van der Waals surface area (Å²) in [6, 6.07) is 13.9. The number of carbonyl (C=O) groups is 1. The average molecular weight is 411 g/mol. The van der Waals surface area contributed by atoms with Gasteiger partial charge >= 0.3 is 0 Å². The van der Waals surface area contributed by atoms with Crippen molar-refractivity contribution < 1.29 is 19.0 Å². The molecule has 0 saturated carbocycles. The summed E-state index contributed by atoms with van der Waals surface area (Å²) in [5, 5.41) is 0. The fourth-order valence-corrected chi connectivity index (χ4v) is 3.84. The average Bonchev–Trinajstić information content (AvgIpc) is 3.25. The van der Waals surface area contributed by atoms with Crippen LogP contribution in [-0.2, 0) is 17.8 Å². The number of nitrogens with zero attached hydrogens (tertiary/aromatic N) is 2. The van der Waals surface area contributed by atoms with Gasteiger partial charge in [-0.2, -0.15) is 0 Å². The molecule has 0 N–H and O–H groups in total. The van der Waals surface area contributed by atoms with E-state index in [4.69, 9.17) is 14.2 Å². The standard InChI is InChI=1S/C24H30N2O4/c1-2-14-28-21-4-6-22(7-5-21)30-18-24(27)26-12-10-25(11-13-26)17-19-3-8-23-20(16-19)9-15-29-23/h3-8,16H,2,9-15,17-18H2,1H3. The predicted molar refractivity (Wildman–Crippen MR) is 115 cm³/mol. The van der Waals surface area contributed by atoms with Gasteiger partial charge in [-0.15, -0.1) is 0 Å². The van der Waals surface area contributed by atoms with Crippen molar-refractivity contribution in [3.63, 3.8) is 0 Å². The topological polar surface area (TPSA) is 51.2 Å². The van der Waals surface area contributed by atoms with Crippen LogP contribution in [0.1, 0.15) is 24.5 Å². The molecule has 2 aromatic rings. The van der Waals surface area contributed by atoms with Crippen molar-refractivity contribution in [2.75, 3.05) is 46.0 Å². The summed E-state index contributed by atoms with van der Waals surface area (Å²) in [7, 11) is 0. The molecule has 0 bridgehead atoms. The van der Waals surface area contributed by atoms with Crippen LogP contribution in [-0.4, -0.2) is 61.7 Å². The Hall–Kier alpha value is -2.73. The lowest BCUT2D eigenvalue weighted by atomic mass is 10.1. The maximum absolute atomic E-state index is 12.5. The first-order valence-electron chi connectivity index (χ1n) is 10.8. The lowest BCUT2D eigenvalue weighted by Crippen LogP contribution is -2.49. The Morgan fingerprint density at radius 2 is 1.73 bits per heavy atom. The van der Waals surface area contributed by atoms with E-state index in [9.17, 15) is 4.79 Å². The summed E-state index contributed by atoms with van der Waals surface area (Å²) < 4.78 is 16.8. The van der Waals surface area contributed by atoms with E-state index < -0.39 is 0 Å². The van der Waals surface area contributed by atoms with Crippen molar-refractivity contribution in [3.05, 3.63) is 53.6 Å². The highest BCUT2D eigenvalue weighted by atomic mass is 16.5. The van der Waals surface area contributed by atoms with E-state index in [0.29, 0.717) is 12.4 Å². The molecular weight excluding hydrogens is 380 g/mol. The van der Waals surface area contributed by atoms with Crippen LogP contribution >= 0.6 is 0 Å². The Balaban J connectivity index is 1.19. The molecule has 2 aliphatic heterocycles. The molecule has 160 valence electrons. The van der Waals surface area contributed by atoms with Crippen LogP contribution < -0.4 is 14.2 Å². The molecule has 1 saturated heterocycles. The first kappa shape index (κ1) is 20.5. The van der Waals surface area contributed by atoms with Crippen molar-refractivity contribution in [3.8, 4) is 17.2 Å². The van der Waals surface area contributed by atoms with Crippen LogP contribution in [0.25, 0.3) is 0 Å². The van der Waals surface area contributed by atoms with Crippen LogP contribution in [0.4, 0.5) is 0 Å². The van der Waals surface area contributed by atoms with Crippen LogP contribution in [0.2, 0.25) is 0 Å². The smallest absolute Gasteiger partial charge is 0.260 e. The second-order valence-electron chi connectivity index (χ2n) is 7.81. The number of fused-ring (bicyclic) bond motifs is 1. The van der Waals surface area contributed by atoms with Gasteiger partial charge in [-0.05, 0) is 47.9 Å². The molecule has 0 aliphatic carbocycles. The van der Waals surface area contributed by atoms with Crippen molar-refractivity contribution in [1.29, 1.82) is 0 Å². The van der Waals surface area contributed by atoms with Crippen molar-refractivity contribution in [1.82, 2.24) is 9.80 Å². The molecule has 2 aliphatic rings. The third-order valence-electron chi connectivity index (χ3n) is 5.54. The quantitative estimate of drug-likeness (QED) is 0.669. The number of benzene rings is 2. The molecule has 0 aromatic heterocycles. The summed E-state index contributed by atoms with van der Waals surface area (Å²) in [6.07, 6.45) is 1.97. The van der Waals surface area contributed by atoms with Gasteiger partial charge < -0.3 is 19.1 Å². The Bertz CT molecular complexity index is 845. The minimum Gasteiger partial charge on any atom is -0.494 e. The molecule has 2 heterocycles. The monoisotopic (exact) mass is 410 g/mol. The molecule has 0 spiro atoms. The molecule has 6 nitrogen and oxygen atoms in total. The fourth-order valence-electron chi connectivity index (χ4n) is 3.84. The minimum atomic E-state index is 0.0376. The molecule has 0 radical (unpaired) electrons. The van der Waals surface area contributed by atoms with Gasteiger partial charge in [-0.25, -0.2) is 0 Å². The number of ether oxygens (including phenoxy) is 3. The van der Waals surface area contributed by atoms with Crippen molar-refractivity contribution in [2.45, 2.75) is 26.3 Å². The van der Waals surface area contributed by atoms with E-state index in [2.05, 4.69) is 30.0 Å². The van der Waals surface area contributed by atoms with E-state index in [1.807, 2.05) is 29.2 Å². The minimum absolute atomic E-state index is 0.0376. The predicted octanol–water partition coefficient (Wildman–Crippen LogP) is 3.13. The fraction of sp³-hybridized carbons (Fsp3) is 0.458. The molecule has 0 unspecified atom stereocenters. The first-order chi connectivity index (χ1) is 14.7.